The summed E-state index contributed by atoms with van der Waals surface area (Å²) >= 11 is 0. The summed E-state index contributed by atoms with van der Waals surface area (Å²) in [4.78, 5) is 0.343. The molecule has 0 aromatic heterocycles. The van der Waals surface area contributed by atoms with Gasteiger partial charge in [0.1, 0.15) is 0 Å². The van der Waals surface area contributed by atoms with Crippen LogP contribution in [-0.2, 0) is 14.6 Å². The minimum Gasteiger partial charge on any atom is -0.378 e. The van der Waals surface area contributed by atoms with Crippen LogP contribution in [0.3, 0.4) is 0 Å². The van der Waals surface area contributed by atoms with Crippen molar-refractivity contribution in [3.05, 3.63) is 30.3 Å². The van der Waals surface area contributed by atoms with Gasteiger partial charge in [0.25, 0.3) is 0 Å². The number of benzene rings is 1. The van der Waals surface area contributed by atoms with Crippen molar-refractivity contribution in [3.63, 3.8) is 0 Å². The van der Waals surface area contributed by atoms with Crippen LogP contribution >= 0.6 is 0 Å². The maximum Gasteiger partial charge on any atom is 0.181 e. The highest BCUT2D eigenvalue weighted by atomic mass is 32.2. The van der Waals surface area contributed by atoms with Crippen LogP contribution in [-0.4, -0.2) is 26.9 Å². The highest BCUT2D eigenvalue weighted by Gasteiger charge is 2.26. The first kappa shape index (κ1) is 12.2. The van der Waals surface area contributed by atoms with Gasteiger partial charge in [-0.1, -0.05) is 18.2 Å². The smallest absolute Gasteiger partial charge is 0.181 e. The van der Waals surface area contributed by atoms with Gasteiger partial charge in [-0.2, -0.15) is 0 Å². The van der Waals surface area contributed by atoms with Gasteiger partial charge in [-0.15, -0.1) is 0 Å². The number of hydrogen-bond donors (Lipinski definition) is 0. The van der Waals surface area contributed by atoms with Crippen molar-refractivity contribution in [3.8, 4) is 0 Å². The van der Waals surface area contributed by atoms with Gasteiger partial charge in [0, 0.05) is 7.11 Å². The van der Waals surface area contributed by atoms with Crippen molar-refractivity contribution in [1.29, 1.82) is 0 Å². The zero-order chi connectivity index (χ0) is 11.5. The average Bonchev–Trinajstić information content (AvgIpc) is 2.18. The quantitative estimate of drug-likeness (QED) is 0.790. The number of sulfone groups is 1. The van der Waals surface area contributed by atoms with Crippen molar-refractivity contribution in [2.75, 3.05) is 12.9 Å². The molecule has 1 aromatic rings. The maximum atomic E-state index is 11.9. The summed E-state index contributed by atoms with van der Waals surface area (Å²) in [5.41, 5.74) is -0.658. The lowest BCUT2D eigenvalue weighted by Gasteiger charge is -2.22. The molecule has 0 fully saturated rings. The Labute approximate surface area is 91.0 Å². The Balaban J connectivity index is 2.96. The molecule has 0 aliphatic carbocycles. The Kier molecular flexibility index (Phi) is 3.52. The van der Waals surface area contributed by atoms with Crippen LogP contribution in [0.15, 0.2) is 35.2 Å². The molecule has 3 nitrogen and oxygen atoms in total. The Morgan fingerprint density at radius 2 is 1.73 bits per heavy atom. The first-order chi connectivity index (χ1) is 6.87. The average molecular weight is 228 g/mol. The molecule has 0 bridgehead atoms. The van der Waals surface area contributed by atoms with Crippen molar-refractivity contribution in [2.45, 2.75) is 24.3 Å². The van der Waals surface area contributed by atoms with Crippen molar-refractivity contribution < 1.29 is 13.2 Å². The summed E-state index contributed by atoms with van der Waals surface area (Å²) in [7, 11) is -1.74. The molecule has 1 rings (SSSR count). The second-order valence-electron chi connectivity index (χ2n) is 4.04. The van der Waals surface area contributed by atoms with Crippen LogP contribution in [0.4, 0.5) is 0 Å². The summed E-state index contributed by atoms with van der Waals surface area (Å²) < 4.78 is 29.0. The third-order valence-corrected chi connectivity index (χ3v) is 4.26. The van der Waals surface area contributed by atoms with E-state index in [9.17, 15) is 8.42 Å². The van der Waals surface area contributed by atoms with E-state index in [1.807, 2.05) is 0 Å². The highest BCUT2D eigenvalue weighted by molar-refractivity contribution is 7.91. The van der Waals surface area contributed by atoms with E-state index in [1.54, 1.807) is 44.2 Å². The maximum absolute atomic E-state index is 11.9. The minimum atomic E-state index is -3.26. The number of ether oxygens (including phenoxy) is 1. The predicted molar refractivity (Wildman–Crippen MR) is 59.6 cm³/mol. The molecule has 0 spiro atoms. The summed E-state index contributed by atoms with van der Waals surface area (Å²) in [5, 5.41) is 0. The molecule has 84 valence electrons. The molecule has 0 unspecified atom stereocenters. The third-order valence-electron chi connectivity index (χ3n) is 2.19. The van der Waals surface area contributed by atoms with E-state index in [-0.39, 0.29) is 5.75 Å². The molecular weight excluding hydrogens is 212 g/mol. The van der Waals surface area contributed by atoms with Crippen LogP contribution in [0.5, 0.6) is 0 Å². The molecule has 1 aromatic carbocycles. The van der Waals surface area contributed by atoms with Crippen LogP contribution in [0.1, 0.15) is 13.8 Å². The lowest BCUT2D eigenvalue weighted by Crippen LogP contribution is -2.32. The molecule has 4 heteroatoms. The van der Waals surface area contributed by atoms with E-state index < -0.39 is 15.4 Å². The van der Waals surface area contributed by atoms with Crippen molar-refractivity contribution >= 4 is 9.84 Å². The van der Waals surface area contributed by atoms with Gasteiger partial charge in [-0.3, -0.25) is 0 Å². The molecular formula is C11H16O3S. The lowest BCUT2D eigenvalue weighted by molar-refractivity contribution is 0.0425. The molecule has 0 amide bonds. The number of methoxy groups -OCH3 is 1. The molecule has 0 atom stereocenters. The molecule has 0 heterocycles. The van der Waals surface area contributed by atoms with Gasteiger partial charge < -0.3 is 4.74 Å². The van der Waals surface area contributed by atoms with E-state index in [2.05, 4.69) is 0 Å². The van der Waals surface area contributed by atoms with Crippen LogP contribution in [0.2, 0.25) is 0 Å². The number of hydrogen-bond acceptors (Lipinski definition) is 3. The second-order valence-corrected chi connectivity index (χ2v) is 6.03. The third kappa shape index (κ3) is 3.32. The molecule has 0 aliphatic rings. The molecule has 0 aliphatic heterocycles. The zero-order valence-corrected chi connectivity index (χ0v) is 10.0. The Morgan fingerprint density at radius 1 is 1.20 bits per heavy atom. The van der Waals surface area contributed by atoms with Gasteiger partial charge in [0.15, 0.2) is 9.84 Å². The second kappa shape index (κ2) is 4.33. The van der Waals surface area contributed by atoms with Gasteiger partial charge >= 0.3 is 0 Å². The predicted octanol–water partition coefficient (Wildman–Crippen LogP) is 1.89. The van der Waals surface area contributed by atoms with E-state index in [1.165, 1.54) is 7.11 Å². The summed E-state index contributed by atoms with van der Waals surface area (Å²) in [5.74, 6) is -0.0134. The van der Waals surface area contributed by atoms with E-state index in [0.29, 0.717) is 4.90 Å². The van der Waals surface area contributed by atoms with Gasteiger partial charge in [0.2, 0.25) is 0 Å². The Hall–Kier alpha value is -0.870. The molecule has 0 saturated heterocycles. The fourth-order valence-electron chi connectivity index (χ4n) is 1.23. The van der Waals surface area contributed by atoms with Crippen molar-refractivity contribution in [2.24, 2.45) is 0 Å². The Bertz CT molecular complexity index is 407. The normalized spacial score (nSPS) is 12.7. The summed E-state index contributed by atoms with van der Waals surface area (Å²) in [6.07, 6.45) is 0. The zero-order valence-electron chi connectivity index (χ0n) is 9.23. The minimum absolute atomic E-state index is 0.0134. The van der Waals surface area contributed by atoms with Crippen LogP contribution < -0.4 is 0 Å². The molecule has 0 radical (unpaired) electrons. The van der Waals surface area contributed by atoms with Crippen molar-refractivity contribution in [1.82, 2.24) is 0 Å². The summed E-state index contributed by atoms with van der Waals surface area (Å²) in [6.45, 7) is 3.51. The first-order valence-corrected chi connectivity index (χ1v) is 6.36. The van der Waals surface area contributed by atoms with E-state index >= 15 is 0 Å². The highest BCUT2D eigenvalue weighted by Crippen LogP contribution is 2.18. The molecule has 15 heavy (non-hydrogen) atoms. The fraction of sp³-hybridized carbons (Fsp3) is 0.455. The van der Waals surface area contributed by atoms with Gasteiger partial charge in [-0.05, 0) is 26.0 Å². The fourth-order valence-corrected chi connectivity index (χ4v) is 3.00. The number of rotatable bonds is 4. The lowest BCUT2D eigenvalue weighted by atomic mass is 10.2. The monoisotopic (exact) mass is 228 g/mol. The van der Waals surface area contributed by atoms with Gasteiger partial charge in [-0.25, -0.2) is 8.42 Å². The van der Waals surface area contributed by atoms with E-state index in [0.717, 1.165) is 0 Å². The Morgan fingerprint density at radius 3 is 2.20 bits per heavy atom. The van der Waals surface area contributed by atoms with E-state index in [4.69, 9.17) is 4.74 Å². The molecule has 0 N–H and O–H groups in total. The topological polar surface area (TPSA) is 43.4 Å². The van der Waals surface area contributed by atoms with Crippen LogP contribution in [0.25, 0.3) is 0 Å². The summed E-state index contributed by atoms with van der Waals surface area (Å²) in [6, 6.07) is 8.42. The first-order valence-electron chi connectivity index (χ1n) is 4.70. The molecule has 0 saturated carbocycles. The standard InChI is InChI=1S/C11H16O3S/c1-11(2,14-3)9-15(12,13)10-7-5-4-6-8-10/h4-8H,9H2,1-3H3. The van der Waals surface area contributed by atoms with Crippen LogP contribution in [0, 0.1) is 0 Å². The SMILES string of the molecule is COC(C)(C)CS(=O)(=O)c1ccccc1. The van der Waals surface area contributed by atoms with Gasteiger partial charge in [0.05, 0.1) is 16.2 Å². The largest absolute Gasteiger partial charge is 0.378 e.